The van der Waals surface area contributed by atoms with Crippen LogP contribution in [0.4, 0.5) is 0 Å². The minimum absolute atomic E-state index is 0.0229. The molecule has 1 aliphatic rings. The number of nitrogens with zero attached hydrogens (tertiary/aromatic N) is 1. The van der Waals surface area contributed by atoms with Crippen LogP contribution in [0.2, 0.25) is 0 Å². The third-order valence-corrected chi connectivity index (χ3v) is 6.66. The maximum atomic E-state index is 12.2. The SMILES string of the molecule is CCCCCCCCCCC(CC)OC(=O)CCCCCN1CCC(CCNC)C1. The third-order valence-electron chi connectivity index (χ3n) is 6.66. The predicted molar refractivity (Wildman–Crippen MR) is 129 cm³/mol. The van der Waals surface area contributed by atoms with Crippen LogP contribution in [0.3, 0.4) is 0 Å². The van der Waals surface area contributed by atoms with Crippen LogP contribution in [0.25, 0.3) is 0 Å². The van der Waals surface area contributed by atoms with Gasteiger partial charge >= 0.3 is 5.97 Å². The van der Waals surface area contributed by atoms with E-state index < -0.39 is 0 Å². The Hall–Kier alpha value is -0.610. The van der Waals surface area contributed by atoms with E-state index in [2.05, 4.69) is 24.1 Å². The molecule has 0 amide bonds. The van der Waals surface area contributed by atoms with Crippen molar-refractivity contribution in [1.29, 1.82) is 0 Å². The van der Waals surface area contributed by atoms with Crippen LogP contribution in [0, 0.1) is 5.92 Å². The van der Waals surface area contributed by atoms with Crippen LogP contribution in [0.15, 0.2) is 0 Å². The number of rotatable bonds is 20. The Bertz CT molecular complexity index is 402. The average molecular weight is 425 g/mol. The van der Waals surface area contributed by atoms with Crippen molar-refractivity contribution in [2.75, 3.05) is 33.2 Å². The average Bonchev–Trinajstić information content (AvgIpc) is 3.20. The van der Waals surface area contributed by atoms with E-state index >= 15 is 0 Å². The van der Waals surface area contributed by atoms with Gasteiger partial charge in [0, 0.05) is 13.0 Å². The molecule has 1 heterocycles. The first-order chi connectivity index (χ1) is 14.7. The molecule has 0 saturated carbocycles. The van der Waals surface area contributed by atoms with E-state index in [4.69, 9.17) is 4.74 Å². The fraction of sp³-hybridized carbons (Fsp3) is 0.962. The summed E-state index contributed by atoms with van der Waals surface area (Å²) in [6.45, 7) is 9.26. The lowest BCUT2D eigenvalue weighted by Crippen LogP contribution is -2.23. The van der Waals surface area contributed by atoms with Crippen molar-refractivity contribution in [2.24, 2.45) is 5.92 Å². The van der Waals surface area contributed by atoms with Gasteiger partial charge in [-0.25, -0.2) is 0 Å². The van der Waals surface area contributed by atoms with Crippen LogP contribution in [0.1, 0.15) is 117 Å². The number of hydrogen-bond donors (Lipinski definition) is 1. The zero-order chi connectivity index (χ0) is 21.9. The molecule has 1 aliphatic heterocycles. The summed E-state index contributed by atoms with van der Waals surface area (Å²) in [6.07, 6.45) is 19.4. The standard InChI is InChI=1S/C26H52N2O2/c1-4-6-7-8-9-10-11-13-16-25(5-2)30-26(29)17-14-12-15-21-28-22-19-24(23-28)18-20-27-3/h24-25,27H,4-23H2,1-3H3. The van der Waals surface area contributed by atoms with E-state index in [1.807, 2.05) is 7.05 Å². The highest BCUT2D eigenvalue weighted by atomic mass is 16.5. The molecule has 178 valence electrons. The highest BCUT2D eigenvalue weighted by molar-refractivity contribution is 5.69. The molecule has 0 spiro atoms. The van der Waals surface area contributed by atoms with E-state index in [9.17, 15) is 4.79 Å². The predicted octanol–water partition coefficient (Wildman–Crippen LogP) is 6.33. The number of hydrogen-bond acceptors (Lipinski definition) is 4. The van der Waals surface area contributed by atoms with Crippen molar-refractivity contribution in [3.05, 3.63) is 0 Å². The third kappa shape index (κ3) is 14.4. The van der Waals surface area contributed by atoms with Gasteiger partial charge in [0.15, 0.2) is 0 Å². The van der Waals surface area contributed by atoms with Gasteiger partial charge in [0.1, 0.15) is 6.10 Å². The van der Waals surface area contributed by atoms with E-state index in [-0.39, 0.29) is 12.1 Å². The summed E-state index contributed by atoms with van der Waals surface area (Å²) >= 11 is 0. The number of unbranched alkanes of at least 4 members (excludes halogenated alkanes) is 9. The van der Waals surface area contributed by atoms with Gasteiger partial charge in [-0.3, -0.25) is 4.79 Å². The van der Waals surface area contributed by atoms with Gasteiger partial charge in [-0.1, -0.05) is 65.2 Å². The molecule has 4 heteroatoms. The monoisotopic (exact) mass is 424 g/mol. The first kappa shape index (κ1) is 27.4. The Morgan fingerprint density at radius 2 is 1.70 bits per heavy atom. The molecule has 30 heavy (non-hydrogen) atoms. The molecule has 0 bridgehead atoms. The normalized spacial score (nSPS) is 18.0. The van der Waals surface area contributed by atoms with Crippen LogP contribution in [-0.2, 0) is 9.53 Å². The number of ether oxygens (including phenoxy) is 1. The molecule has 0 aliphatic carbocycles. The highest BCUT2D eigenvalue weighted by Crippen LogP contribution is 2.20. The van der Waals surface area contributed by atoms with Gasteiger partial charge in [-0.2, -0.15) is 0 Å². The van der Waals surface area contributed by atoms with Crippen molar-refractivity contribution in [1.82, 2.24) is 10.2 Å². The van der Waals surface area contributed by atoms with Crippen molar-refractivity contribution >= 4 is 5.97 Å². The van der Waals surface area contributed by atoms with E-state index in [1.165, 1.54) is 90.3 Å². The zero-order valence-electron chi connectivity index (χ0n) is 20.6. The molecule has 2 unspecified atom stereocenters. The van der Waals surface area contributed by atoms with E-state index in [0.29, 0.717) is 6.42 Å². The molecule has 0 radical (unpaired) electrons. The molecule has 1 saturated heterocycles. The molecule has 1 N–H and O–H groups in total. The molecule has 0 aromatic heterocycles. The summed E-state index contributed by atoms with van der Waals surface area (Å²) in [6, 6.07) is 0. The van der Waals surface area contributed by atoms with Crippen molar-refractivity contribution in [2.45, 2.75) is 123 Å². The van der Waals surface area contributed by atoms with Crippen LogP contribution in [-0.4, -0.2) is 50.2 Å². The smallest absolute Gasteiger partial charge is 0.306 e. The Morgan fingerprint density at radius 3 is 2.40 bits per heavy atom. The molecule has 0 aromatic rings. The minimum Gasteiger partial charge on any atom is -0.462 e. The largest absolute Gasteiger partial charge is 0.462 e. The number of esters is 1. The summed E-state index contributed by atoms with van der Waals surface area (Å²) < 4.78 is 5.74. The van der Waals surface area contributed by atoms with E-state index in [1.54, 1.807) is 0 Å². The number of carbonyl (C=O) groups excluding carboxylic acids is 1. The lowest BCUT2D eigenvalue weighted by atomic mass is 10.0. The molecule has 1 fully saturated rings. The zero-order valence-corrected chi connectivity index (χ0v) is 20.6. The van der Waals surface area contributed by atoms with Gasteiger partial charge in [-0.05, 0) is 77.5 Å². The van der Waals surface area contributed by atoms with Gasteiger partial charge in [0.25, 0.3) is 0 Å². The fourth-order valence-corrected chi connectivity index (χ4v) is 4.58. The highest BCUT2D eigenvalue weighted by Gasteiger charge is 2.21. The van der Waals surface area contributed by atoms with Gasteiger partial charge in [0.05, 0.1) is 0 Å². The van der Waals surface area contributed by atoms with Gasteiger partial charge in [-0.15, -0.1) is 0 Å². The Kier molecular flexibility index (Phi) is 17.5. The minimum atomic E-state index is 0.0229. The fourth-order valence-electron chi connectivity index (χ4n) is 4.58. The van der Waals surface area contributed by atoms with Crippen molar-refractivity contribution in [3.63, 3.8) is 0 Å². The second kappa shape index (κ2) is 19.1. The number of likely N-dealkylation sites (tertiary alicyclic amines) is 1. The molecule has 0 aromatic carbocycles. The summed E-state index contributed by atoms with van der Waals surface area (Å²) in [5.41, 5.74) is 0. The Morgan fingerprint density at radius 1 is 1.00 bits per heavy atom. The maximum Gasteiger partial charge on any atom is 0.306 e. The van der Waals surface area contributed by atoms with Crippen LogP contribution in [0.5, 0.6) is 0 Å². The number of nitrogens with one attached hydrogen (secondary N) is 1. The van der Waals surface area contributed by atoms with Gasteiger partial charge < -0.3 is 15.0 Å². The summed E-state index contributed by atoms with van der Waals surface area (Å²) in [7, 11) is 2.04. The first-order valence-corrected chi connectivity index (χ1v) is 13.3. The molecular formula is C26H52N2O2. The summed E-state index contributed by atoms with van der Waals surface area (Å²) in [5.74, 6) is 0.897. The molecule has 1 rings (SSSR count). The lowest BCUT2D eigenvalue weighted by Gasteiger charge is -2.17. The second-order valence-corrected chi connectivity index (χ2v) is 9.44. The van der Waals surface area contributed by atoms with Crippen LogP contribution >= 0.6 is 0 Å². The van der Waals surface area contributed by atoms with Crippen molar-refractivity contribution in [3.8, 4) is 0 Å². The number of carbonyl (C=O) groups is 1. The summed E-state index contributed by atoms with van der Waals surface area (Å²) in [4.78, 5) is 14.8. The lowest BCUT2D eigenvalue weighted by molar-refractivity contribution is -0.149. The molecule has 4 nitrogen and oxygen atoms in total. The van der Waals surface area contributed by atoms with E-state index in [0.717, 1.165) is 38.1 Å². The van der Waals surface area contributed by atoms with Gasteiger partial charge in [0.2, 0.25) is 0 Å². The first-order valence-electron chi connectivity index (χ1n) is 13.3. The maximum absolute atomic E-state index is 12.2. The van der Waals surface area contributed by atoms with Crippen LogP contribution < -0.4 is 5.32 Å². The molecule has 2 atom stereocenters. The quantitative estimate of drug-likeness (QED) is 0.183. The second-order valence-electron chi connectivity index (χ2n) is 9.44. The Balaban J connectivity index is 1.96. The molecular weight excluding hydrogens is 372 g/mol. The Labute approximate surface area is 187 Å². The summed E-state index contributed by atoms with van der Waals surface area (Å²) in [5, 5.41) is 3.26. The topological polar surface area (TPSA) is 41.6 Å². The van der Waals surface area contributed by atoms with Crippen molar-refractivity contribution < 1.29 is 9.53 Å².